The Kier molecular flexibility index (Phi) is 6.12. The molecule has 0 aliphatic carbocycles. The minimum atomic E-state index is -4.51. The molecular weight excluding hydrogens is 449 g/mol. The van der Waals surface area contributed by atoms with Crippen LogP contribution in [0.2, 0.25) is 0 Å². The lowest BCUT2D eigenvalue weighted by Crippen LogP contribution is -2.28. The largest absolute Gasteiger partial charge is 0.454 e. The highest BCUT2D eigenvalue weighted by atomic mass is 79.9. The molecule has 0 amide bonds. The van der Waals surface area contributed by atoms with Crippen LogP contribution < -0.4 is 9.46 Å². The normalized spacial score (nSPS) is 13.8. The SMILES string of the molecule is CCn1c(OCC(F)(F)F)nnc1[C@@H](C)NS(=O)(=O)c1ccc(Br)s1. The molecule has 1 N–H and O–H groups in total. The van der Waals surface area contributed by atoms with E-state index >= 15 is 0 Å². The number of ether oxygens (including phenoxy) is 1. The van der Waals surface area contributed by atoms with Gasteiger partial charge in [0.2, 0.25) is 0 Å². The summed E-state index contributed by atoms with van der Waals surface area (Å²) in [6.45, 7) is 1.88. The first-order valence-corrected chi connectivity index (χ1v) is 10.0. The van der Waals surface area contributed by atoms with Gasteiger partial charge in [0.1, 0.15) is 4.21 Å². The van der Waals surface area contributed by atoms with Gasteiger partial charge in [-0.2, -0.15) is 17.9 Å². The first kappa shape index (κ1) is 20.1. The first-order chi connectivity index (χ1) is 11.5. The second kappa shape index (κ2) is 7.60. The fraction of sp³-hybridized carbons (Fsp3) is 0.500. The number of alkyl halides is 3. The molecule has 0 unspecified atom stereocenters. The summed E-state index contributed by atoms with van der Waals surface area (Å²) in [5, 5.41) is 7.33. The Labute approximate surface area is 154 Å². The monoisotopic (exact) mass is 462 g/mol. The average molecular weight is 463 g/mol. The molecule has 0 saturated carbocycles. The first-order valence-electron chi connectivity index (χ1n) is 6.94. The lowest BCUT2D eigenvalue weighted by Gasteiger charge is -2.15. The second-order valence-electron chi connectivity index (χ2n) is 4.89. The van der Waals surface area contributed by atoms with Crippen LogP contribution >= 0.6 is 27.3 Å². The lowest BCUT2D eigenvalue weighted by molar-refractivity contribution is -0.155. The number of halogens is 4. The zero-order chi connectivity index (χ0) is 18.8. The van der Waals surface area contributed by atoms with Crippen molar-refractivity contribution >= 4 is 37.3 Å². The molecule has 0 saturated heterocycles. The van der Waals surface area contributed by atoms with Gasteiger partial charge in [-0.05, 0) is 41.9 Å². The molecule has 0 aromatic carbocycles. The van der Waals surface area contributed by atoms with E-state index < -0.39 is 28.8 Å². The molecule has 2 aromatic rings. The quantitative estimate of drug-likeness (QED) is 0.682. The number of sulfonamides is 1. The van der Waals surface area contributed by atoms with Gasteiger partial charge in [0, 0.05) is 6.54 Å². The molecule has 0 fully saturated rings. The lowest BCUT2D eigenvalue weighted by atomic mass is 10.3. The van der Waals surface area contributed by atoms with E-state index in [0.29, 0.717) is 3.79 Å². The number of hydrogen-bond donors (Lipinski definition) is 1. The molecule has 140 valence electrons. The van der Waals surface area contributed by atoms with Crippen molar-refractivity contribution in [2.45, 2.75) is 36.8 Å². The predicted octanol–water partition coefficient (Wildman–Crippen LogP) is 3.10. The molecule has 25 heavy (non-hydrogen) atoms. The van der Waals surface area contributed by atoms with Gasteiger partial charge in [-0.1, -0.05) is 5.10 Å². The van der Waals surface area contributed by atoms with Crippen LogP contribution in [-0.2, 0) is 16.6 Å². The molecule has 0 aliphatic heterocycles. The minimum Gasteiger partial charge on any atom is -0.454 e. The zero-order valence-electron chi connectivity index (χ0n) is 13.0. The van der Waals surface area contributed by atoms with Gasteiger partial charge in [0.25, 0.3) is 10.0 Å². The number of hydrogen-bond acceptors (Lipinski definition) is 6. The Morgan fingerprint density at radius 1 is 1.40 bits per heavy atom. The van der Waals surface area contributed by atoms with Gasteiger partial charge < -0.3 is 4.74 Å². The van der Waals surface area contributed by atoms with Crippen LogP contribution in [0.25, 0.3) is 0 Å². The molecule has 0 aliphatic rings. The maximum Gasteiger partial charge on any atom is 0.422 e. The zero-order valence-corrected chi connectivity index (χ0v) is 16.3. The van der Waals surface area contributed by atoms with Crippen molar-refractivity contribution in [1.29, 1.82) is 0 Å². The number of nitrogens with zero attached hydrogens (tertiary/aromatic N) is 3. The summed E-state index contributed by atoms with van der Waals surface area (Å²) in [4.78, 5) is 0. The number of thiophene rings is 1. The fourth-order valence-corrected chi connectivity index (χ4v) is 5.18. The summed E-state index contributed by atoms with van der Waals surface area (Å²) < 4.78 is 70.6. The van der Waals surface area contributed by atoms with Crippen molar-refractivity contribution < 1.29 is 26.3 Å². The maximum atomic E-state index is 12.3. The van der Waals surface area contributed by atoms with Crippen molar-refractivity contribution in [3.63, 3.8) is 0 Å². The van der Waals surface area contributed by atoms with Crippen LogP contribution in [0.5, 0.6) is 6.01 Å². The van der Waals surface area contributed by atoms with Crippen molar-refractivity contribution in [2.24, 2.45) is 0 Å². The maximum absolute atomic E-state index is 12.3. The van der Waals surface area contributed by atoms with E-state index in [0.717, 1.165) is 11.3 Å². The fourth-order valence-electron chi connectivity index (χ4n) is 1.96. The highest BCUT2D eigenvalue weighted by Gasteiger charge is 2.30. The smallest absolute Gasteiger partial charge is 0.422 e. The Morgan fingerprint density at radius 2 is 2.08 bits per heavy atom. The van der Waals surface area contributed by atoms with Crippen molar-refractivity contribution in [3.05, 3.63) is 21.7 Å². The third kappa shape index (κ3) is 5.15. The van der Waals surface area contributed by atoms with Crippen LogP contribution in [0.3, 0.4) is 0 Å². The van der Waals surface area contributed by atoms with E-state index in [2.05, 4.69) is 35.6 Å². The minimum absolute atomic E-state index is 0.0994. The molecule has 2 aromatic heterocycles. The van der Waals surface area contributed by atoms with E-state index in [1.807, 2.05) is 0 Å². The van der Waals surface area contributed by atoms with Gasteiger partial charge in [0.05, 0.1) is 9.83 Å². The highest BCUT2D eigenvalue weighted by molar-refractivity contribution is 9.11. The summed E-state index contributed by atoms with van der Waals surface area (Å²) in [6.07, 6.45) is -4.51. The van der Waals surface area contributed by atoms with Crippen LogP contribution in [0.1, 0.15) is 25.7 Å². The molecule has 0 radical (unpaired) electrons. The van der Waals surface area contributed by atoms with Crippen molar-refractivity contribution in [1.82, 2.24) is 19.5 Å². The van der Waals surface area contributed by atoms with Crippen LogP contribution in [0.15, 0.2) is 20.1 Å². The van der Waals surface area contributed by atoms with E-state index in [4.69, 9.17) is 0 Å². The topological polar surface area (TPSA) is 86.1 Å². The second-order valence-corrected chi connectivity index (χ2v) is 9.29. The Hall–Kier alpha value is -1.18. The summed E-state index contributed by atoms with van der Waals surface area (Å²) in [5.41, 5.74) is 0. The average Bonchev–Trinajstić information content (AvgIpc) is 3.09. The molecule has 2 rings (SSSR count). The van der Waals surface area contributed by atoms with Gasteiger partial charge >= 0.3 is 12.2 Å². The standard InChI is InChI=1S/C12H14BrF3N4O3S2/c1-3-20-10(17-18-11(20)23-6-12(14,15)16)7(2)19-25(21,22)9-5-4-8(13)24-9/h4-5,7,19H,3,6H2,1-2H3/t7-/m1/s1. The van der Waals surface area contributed by atoms with Gasteiger partial charge in [-0.3, -0.25) is 4.57 Å². The predicted molar refractivity (Wildman–Crippen MR) is 88.0 cm³/mol. The van der Waals surface area contributed by atoms with Crippen molar-refractivity contribution in [3.8, 4) is 6.01 Å². The van der Waals surface area contributed by atoms with E-state index in [1.165, 1.54) is 17.6 Å². The molecular formula is C12H14BrF3N4O3S2. The van der Waals surface area contributed by atoms with Crippen LogP contribution in [-0.4, -0.2) is 36.0 Å². The molecule has 7 nitrogen and oxygen atoms in total. The Balaban J connectivity index is 2.19. The van der Waals surface area contributed by atoms with Crippen LogP contribution in [0, 0.1) is 0 Å². The van der Waals surface area contributed by atoms with Gasteiger partial charge in [0.15, 0.2) is 12.4 Å². The third-order valence-corrected chi connectivity index (χ3v) is 6.62. The summed E-state index contributed by atoms with van der Waals surface area (Å²) >= 11 is 4.22. The van der Waals surface area contributed by atoms with E-state index in [-0.39, 0.29) is 22.6 Å². The number of aromatic nitrogens is 3. The number of nitrogens with one attached hydrogen (secondary N) is 1. The summed E-state index contributed by atoms with van der Waals surface area (Å²) in [6, 6.07) is 1.90. The molecule has 0 spiro atoms. The van der Waals surface area contributed by atoms with E-state index in [9.17, 15) is 21.6 Å². The highest BCUT2D eigenvalue weighted by Crippen LogP contribution is 2.27. The van der Waals surface area contributed by atoms with E-state index in [1.54, 1.807) is 13.0 Å². The summed E-state index contributed by atoms with van der Waals surface area (Å²) in [7, 11) is -3.80. The van der Waals surface area contributed by atoms with Gasteiger partial charge in [-0.25, -0.2) is 8.42 Å². The molecule has 0 bridgehead atoms. The molecule has 13 heteroatoms. The summed E-state index contributed by atoms with van der Waals surface area (Å²) in [5.74, 6) is 0.152. The molecule has 2 heterocycles. The Morgan fingerprint density at radius 3 is 2.60 bits per heavy atom. The number of rotatable bonds is 7. The van der Waals surface area contributed by atoms with Crippen LogP contribution in [0.4, 0.5) is 13.2 Å². The third-order valence-electron chi connectivity index (χ3n) is 2.96. The Bertz CT molecular complexity index is 835. The molecule has 1 atom stereocenters. The van der Waals surface area contributed by atoms with Crippen molar-refractivity contribution in [2.75, 3.05) is 6.61 Å². The van der Waals surface area contributed by atoms with Gasteiger partial charge in [-0.15, -0.1) is 16.4 Å².